The molecule has 0 aliphatic rings. The number of hydrogen-bond donors (Lipinski definition) is 1. The summed E-state index contributed by atoms with van der Waals surface area (Å²) in [6.07, 6.45) is 0.349. The van der Waals surface area contributed by atoms with Crippen LogP contribution in [0.2, 0.25) is 5.15 Å². The lowest BCUT2D eigenvalue weighted by Crippen LogP contribution is -2.14. The lowest BCUT2D eigenvalue weighted by atomic mass is 10.1. The van der Waals surface area contributed by atoms with Gasteiger partial charge < -0.3 is 10.5 Å². The van der Waals surface area contributed by atoms with Crippen LogP contribution in [0.1, 0.15) is 27.8 Å². The lowest BCUT2D eigenvalue weighted by molar-refractivity contribution is 0.188. The van der Waals surface area contributed by atoms with Gasteiger partial charge in [-0.15, -0.1) is 0 Å². The number of hydrogen-bond acceptors (Lipinski definition) is 3. The van der Waals surface area contributed by atoms with Crippen LogP contribution in [0.25, 0.3) is 0 Å². The van der Waals surface area contributed by atoms with Crippen LogP contribution in [0.3, 0.4) is 0 Å². The average molecular weight is 297 g/mol. The fourth-order valence-corrected chi connectivity index (χ4v) is 2.57. The third kappa shape index (κ3) is 3.41. The highest BCUT2D eigenvalue weighted by atomic mass is 79.9. The topological polar surface area (TPSA) is 48.1 Å². The molecular weight excluding hydrogens is 279 g/mol. The van der Waals surface area contributed by atoms with Crippen LogP contribution in [-0.2, 0) is 4.74 Å². The van der Waals surface area contributed by atoms with E-state index in [9.17, 15) is 0 Å². The minimum absolute atomic E-state index is 0.0360. The first-order valence-corrected chi connectivity index (χ1v) is 5.60. The summed E-state index contributed by atoms with van der Waals surface area (Å²) >= 11 is 9.40. The number of aromatic nitrogens is 1. The van der Waals surface area contributed by atoms with E-state index in [1.54, 1.807) is 0 Å². The number of nitrogens with zero attached hydrogens (tertiary/aromatic N) is 1. The highest BCUT2D eigenvalue weighted by molar-refractivity contribution is 9.10. The molecule has 0 radical (unpaired) electrons. The van der Waals surface area contributed by atoms with Crippen molar-refractivity contribution in [3.8, 4) is 0 Å². The van der Waals surface area contributed by atoms with Crippen molar-refractivity contribution in [1.29, 1.82) is 0 Å². The maximum atomic E-state index is 6.92. The van der Waals surface area contributed by atoms with Crippen LogP contribution in [0, 0.1) is 6.92 Å². The van der Waals surface area contributed by atoms with Crippen molar-refractivity contribution in [3.05, 3.63) is 26.9 Å². The van der Waals surface area contributed by atoms with Crippen molar-refractivity contribution in [2.45, 2.75) is 19.4 Å². The fourth-order valence-electron chi connectivity index (χ4n) is 1.27. The van der Waals surface area contributed by atoms with E-state index in [1.807, 2.05) is 13.0 Å². The van der Waals surface area contributed by atoms with Crippen molar-refractivity contribution in [3.63, 3.8) is 0 Å². The van der Waals surface area contributed by atoms with Crippen molar-refractivity contribution < 1.29 is 8.85 Å². The summed E-state index contributed by atoms with van der Waals surface area (Å²) in [5, 5.41) is 0.322. The SMILES string of the molecule is [2H]C([2H])([2H])OCCC(N)c1c(Br)cc(C)nc1Cl. The Kier molecular flexibility index (Phi) is 3.45. The van der Waals surface area contributed by atoms with Gasteiger partial charge in [-0.3, -0.25) is 0 Å². The Labute approximate surface area is 107 Å². The van der Waals surface area contributed by atoms with Gasteiger partial charge in [0, 0.05) is 35.4 Å². The Morgan fingerprint density at radius 2 is 2.53 bits per heavy atom. The van der Waals surface area contributed by atoms with Crippen LogP contribution < -0.4 is 5.73 Å². The Morgan fingerprint density at radius 3 is 3.13 bits per heavy atom. The fraction of sp³-hybridized carbons (Fsp3) is 0.500. The van der Waals surface area contributed by atoms with Crippen LogP contribution in [0.4, 0.5) is 0 Å². The summed E-state index contributed by atoms with van der Waals surface area (Å²) in [5.41, 5.74) is 7.40. The zero-order chi connectivity index (χ0) is 13.9. The highest BCUT2D eigenvalue weighted by Gasteiger charge is 2.15. The molecule has 5 heteroatoms. The van der Waals surface area contributed by atoms with E-state index in [2.05, 4.69) is 25.7 Å². The average Bonchev–Trinajstić information content (AvgIpc) is 2.13. The maximum Gasteiger partial charge on any atom is 0.135 e. The van der Waals surface area contributed by atoms with Crippen LogP contribution in [0.15, 0.2) is 10.5 Å². The number of nitrogens with two attached hydrogens (primary N) is 1. The standard InChI is InChI=1S/C10H14BrClN2O/c1-6-5-7(11)9(10(12)14-6)8(13)3-4-15-2/h5,8H,3-4,13H2,1-2H3/i2D3. The Morgan fingerprint density at radius 1 is 1.80 bits per heavy atom. The van der Waals surface area contributed by atoms with E-state index < -0.39 is 13.1 Å². The predicted molar refractivity (Wildman–Crippen MR) is 65.1 cm³/mol. The van der Waals surface area contributed by atoms with Crippen LogP contribution in [0.5, 0.6) is 0 Å². The van der Waals surface area contributed by atoms with Gasteiger partial charge in [0.2, 0.25) is 0 Å². The molecule has 0 amide bonds. The van der Waals surface area contributed by atoms with E-state index in [0.717, 1.165) is 10.2 Å². The van der Waals surface area contributed by atoms with Gasteiger partial charge in [0.25, 0.3) is 0 Å². The van der Waals surface area contributed by atoms with E-state index in [1.165, 1.54) is 0 Å². The van der Waals surface area contributed by atoms with Crippen LogP contribution >= 0.6 is 27.5 Å². The molecule has 2 N–H and O–H groups in total. The number of pyridine rings is 1. The molecule has 1 aromatic heterocycles. The van der Waals surface area contributed by atoms with Crippen molar-refractivity contribution in [1.82, 2.24) is 4.98 Å². The number of methoxy groups -OCH3 is 1. The van der Waals surface area contributed by atoms with Crippen molar-refractivity contribution in [2.24, 2.45) is 5.73 Å². The molecule has 0 aliphatic carbocycles. The van der Waals surface area contributed by atoms with E-state index in [-0.39, 0.29) is 6.61 Å². The second kappa shape index (κ2) is 5.80. The Hall–Kier alpha value is -0.160. The minimum Gasteiger partial charge on any atom is -0.385 e. The third-order valence-electron chi connectivity index (χ3n) is 1.99. The summed E-state index contributed by atoms with van der Waals surface area (Å²) in [5.74, 6) is 0. The zero-order valence-electron chi connectivity index (χ0n) is 11.3. The molecule has 0 saturated carbocycles. The summed E-state index contributed by atoms with van der Waals surface area (Å²) in [6.45, 7) is 1.86. The summed E-state index contributed by atoms with van der Waals surface area (Å²) in [7, 11) is -2.40. The van der Waals surface area contributed by atoms with E-state index in [4.69, 9.17) is 21.4 Å². The molecule has 1 heterocycles. The molecule has 15 heavy (non-hydrogen) atoms. The Balaban J connectivity index is 2.70. The van der Waals surface area contributed by atoms with Gasteiger partial charge in [0.15, 0.2) is 0 Å². The van der Waals surface area contributed by atoms with Gasteiger partial charge in [-0.1, -0.05) is 27.5 Å². The smallest absolute Gasteiger partial charge is 0.135 e. The largest absolute Gasteiger partial charge is 0.385 e. The number of halogens is 2. The van der Waals surface area contributed by atoms with Gasteiger partial charge in [0.05, 0.1) is 4.11 Å². The molecule has 0 bridgehead atoms. The van der Waals surface area contributed by atoms with Crippen LogP contribution in [-0.4, -0.2) is 18.6 Å². The van der Waals surface area contributed by atoms with Crippen molar-refractivity contribution in [2.75, 3.05) is 13.6 Å². The second-order valence-corrected chi connectivity index (χ2v) is 4.41. The molecule has 0 aromatic carbocycles. The third-order valence-corrected chi connectivity index (χ3v) is 2.94. The summed E-state index contributed by atoms with van der Waals surface area (Å²) < 4.78 is 26.2. The molecular formula is C10H14BrClN2O. The first-order valence-electron chi connectivity index (χ1n) is 5.93. The molecule has 0 fully saturated rings. The van der Waals surface area contributed by atoms with Gasteiger partial charge in [-0.2, -0.15) is 0 Å². The zero-order valence-corrected chi connectivity index (χ0v) is 10.6. The monoisotopic (exact) mass is 295 g/mol. The number of aryl methyl sites for hydroxylation is 1. The molecule has 1 rings (SSSR count). The molecule has 0 aliphatic heterocycles. The first kappa shape index (κ1) is 8.93. The Bertz CT molecular complexity index is 405. The first-order chi connectivity index (χ1) is 8.20. The molecule has 0 saturated heterocycles. The predicted octanol–water partition coefficient (Wildman–Crippen LogP) is 2.84. The van der Waals surface area contributed by atoms with Crippen molar-refractivity contribution >= 4 is 27.5 Å². The normalized spacial score (nSPS) is 16.7. The highest BCUT2D eigenvalue weighted by Crippen LogP contribution is 2.30. The molecule has 0 spiro atoms. The second-order valence-electron chi connectivity index (χ2n) is 3.19. The summed E-state index contributed by atoms with van der Waals surface area (Å²) in [6, 6.07) is 1.38. The van der Waals surface area contributed by atoms with Gasteiger partial charge >= 0.3 is 0 Å². The quantitative estimate of drug-likeness (QED) is 0.869. The maximum absolute atomic E-state index is 6.92. The van der Waals surface area contributed by atoms with E-state index >= 15 is 0 Å². The molecule has 84 valence electrons. The number of rotatable bonds is 4. The van der Waals surface area contributed by atoms with E-state index in [0.29, 0.717) is 17.1 Å². The van der Waals surface area contributed by atoms with Gasteiger partial charge in [0.1, 0.15) is 5.15 Å². The molecule has 1 aromatic rings. The number of ether oxygens (including phenoxy) is 1. The summed E-state index contributed by atoms with van der Waals surface area (Å²) in [4.78, 5) is 4.12. The lowest BCUT2D eigenvalue weighted by Gasteiger charge is -2.15. The molecule has 3 nitrogen and oxygen atoms in total. The van der Waals surface area contributed by atoms with Gasteiger partial charge in [-0.05, 0) is 19.4 Å². The molecule has 1 unspecified atom stereocenters. The van der Waals surface area contributed by atoms with Gasteiger partial charge in [-0.25, -0.2) is 4.98 Å². The molecule has 1 atom stereocenters. The minimum atomic E-state index is -2.40.